The van der Waals surface area contributed by atoms with Crippen LogP contribution in [-0.4, -0.2) is 12.7 Å². The molecule has 1 fully saturated rings. The van der Waals surface area contributed by atoms with E-state index in [4.69, 9.17) is 4.89 Å². The van der Waals surface area contributed by atoms with Gasteiger partial charge in [-0.2, -0.15) is 0 Å². The van der Waals surface area contributed by atoms with Gasteiger partial charge in [-0.1, -0.05) is 38.5 Å². The predicted molar refractivity (Wildman–Crippen MR) is 55.5 cm³/mol. The quantitative estimate of drug-likeness (QED) is 0.461. The Kier molecular flexibility index (Phi) is 7.29. The molecule has 1 saturated carbocycles. The van der Waals surface area contributed by atoms with Crippen molar-refractivity contribution in [2.45, 2.75) is 64.9 Å². The van der Waals surface area contributed by atoms with Gasteiger partial charge in [0, 0.05) is 0 Å². The molecule has 0 saturated heterocycles. The second-order valence-electron chi connectivity index (χ2n) is 4.48. The van der Waals surface area contributed by atoms with Gasteiger partial charge >= 0.3 is 0 Å². The summed E-state index contributed by atoms with van der Waals surface area (Å²) < 4.78 is 0. The predicted octanol–water partition coefficient (Wildman–Crippen LogP) is 3.70. The molecule has 0 radical (unpaired) electrons. The van der Waals surface area contributed by atoms with Crippen LogP contribution in [0.15, 0.2) is 0 Å². The van der Waals surface area contributed by atoms with Crippen molar-refractivity contribution >= 4 is 0 Å². The van der Waals surface area contributed by atoms with Crippen molar-refractivity contribution in [2.75, 3.05) is 7.11 Å². The fraction of sp³-hybridized carbons (Fsp3) is 1.00. The van der Waals surface area contributed by atoms with E-state index < -0.39 is 0 Å². The van der Waals surface area contributed by atoms with Crippen molar-refractivity contribution in [1.82, 2.24) is 0 Å². The summed E-state index contributed by atoms with van der Waals surface area (Å²) >= 11 is 0. The molecule has 0 aromatic rings. The Morgan fingerprint density at radius 2 is 1.08 bits per heavy atom. The van der Waals surface area contributed by atoms with E-state index in [9.17, 15) is 0 Å². The summed E-state index contributed by atoms with van der Waals surface area (Å²) in [4.78, 5) is 9.14. The van der Waals surface area contributed by atoms with Crippen molar-refractivity contribution in [3.63, 3.8) is 0 Å². The highest BCUT2D eigenvalue weighted by molar-refractivity contribution is 4.53. The molecule has 2 heteroatoms. The molecular formula is C11H24O2. The zero-order valence-electron chi connectivity index (χ0n) is 9.56. The molecule has 0 heterocycles. The van der Waals surface area contributed by atoms with Crippen LogP contribution in [0, 0.1) is 0 Å². The Hall–Kier alpha value is -0.0800. The maximum absolute atomic E-state index is 4.73. The Labute approximate surface area is 82.5 Å². The molecule has 0 N–H and O–H groups in total. The van der Waals surface area contributed by atoms with Gasteiger partial charge in [-0.3, -0.25) is 0 Å². The largest absolute Gasteiger partial charge is 0.240 e. The monoisotopic (exact) mass is 188 g/mol. The summed E-state index contributed by atoms with van der Waals surface area (Å²) in [5.41, 5.74) is -0.172. The summed E-state index contributed by atoms with van der Waals surface area (Å²) in [7, 11) is 1.51. The minimum absolute atomic E-state index is 0.172. The molecule has 2 nitrogen and oxygen atoms in total. The van der Waals surface area contributed by atoms with E-state index in [2.05, 4.69) is 4.89 Å². The van der Waals surface area contributed by atoms with Gasteiger partial charge < -0.3 is 0 Å². The molecule has 0 atom stereocenters. The lowest BCUT2D eigenvalue weighted by Gasteiger charge is -2.14. The average molecular weight is 188 g/mol. The van der Waals surface area contributed by atoms with Crippen LogP contribution in [0.4, 0.5) is 0 Å². The molecule has 0 amide bonds. The number of rotatable bonds is 1. The molecule has 0 spiro atoms. The molecular weight excluding hydrogens is 164 g/mol. The second kappa shape index (κ2) is 7.34. The Morgan fingerprint density at radius 3 is 1.15 bits per heavy atom. The zero-order chi connectivity index (χ0) is 10.2. The van der Waals surface area contributed by atoms with E-state index in [-0.39, 0.29) is 5.60 Å². The molecule has 0 aliphatic heterocycles. The standard InChI is InChI=1S/C6H12.C5H12O2/c1-2-4-6-5-3-1;1-5(2,3)7-6-4/h1-6H2;1-4H3. The lowest BCUT2D eigenvalue weighted by atomic mass is 10.0. The topological polar surface area (TPSA) is 18.5 Å². The van der Waals surface area contributed by atoms with Crippen LogP contribution < -0.4 is 0 Å². The molecule has 1 aliphatic carbocycles. The number of hydrogen-bond acceptors (Lipinski definition) is 2. The molecule has 0 aromatic heterocycles. The van der Waals surface area contributed by atoms with E-state index in [1.54, 1.807) is 0 Å². The number of hydrogen-bond donors (Lipinski definition) is 0. The Morgan fingerprint density at radius 1 is 0.769 bits per heavy atom. The normalized spacial score (nSPS) is 17.5. The highest BCUT2D eigenvalue weighted by atomic mass is 17.2. The maximum Gasteiger partial charge on any atom is 0.0952 e. The van der Waals surface area contributed by atoms with Gasteiger partial charge in [-0.05, 0) is 20.8 Å². The van der Waals surface area contributed by atoms with Crippen LogP contribution >= 0.6 is 0 Å². The Bertz CT molecular complexity index is 89.6. The van der Waals surface area contributed by atoms with Gasteiger partial charge in [0.1, 0.15) is 0 Å². The molecule has 13 heavy (non-hydrogen) atoms. The highest BCUT2D eigenvalue weighted by Crippen LogP contribution is 2.15. The smallest absolute Gasteiger partial charge is 0.0952 e. The lowest BCUT2D eigenvalue weighted by molar-refractivity contribution is -0.330. The van der Waals surface area contributed by atoms with Crippen LogP contribution in [0.2, 0.25) is 0 Å². The van der Waals surface area contributed by atoms with Gasteiger partial charge in [-0.25, -0.2) is 9.78 Å². The minimum Gasteiger partial charge on any atom is -0.240 e. The van der Waals surface area contributed by atoms with Gasteiger partial charge in [0.2, 0.25) is 0 Å². The van der Waals surface area contributed by atoms with E-state index in [1.807, 2.05) is 20.8 Å². The first-order chi connectivity index (χ1) is 6.06. The third-order valence-corrected chi connectivity index (χ3v) is 1.83. The Balaban J connectivity index is 0.000000223. The van der Waals surface area contributed by atoms with Gasteiger partial charge in [0.15, 0.2) is 0 Å². The first-order valence-electron chi connectivity index (χ1n) is 5.28. The van der Waals surface area contributed by atoms with Gasteiger partial charge in [0.05, 0.1) is 12.7 Å². The van der Waals surface area contributed by atoms with Crippen molar-refractivity contribution in [2.24, 2.45) is 0 Å². The van der Waals surface area contributed by atoms with Crippen LogP contribution in [0.25, 0.3) is 0 Å². The molecule has 0 aromatic carbocycles. The molecule has 1 rings (SSSR count). The van der Waals surface area contributed by atoms with Crippen LogP contribution in [-0.2, 0) is 9.78 Å². The maximum atomic E-state index is 4.73. The second-order valence-corrected chi connectivity index (χ2v) is 4.48. The first kappa shape index (κ1) is 12.9. The fourth-order valence-electron chi connectivity index (χ4n) is 1.31. The van der Waals surface area contributed by atoms with Crippen LogP contribution in [0.5, 0.6) is 0 Å². The van der Waals surface area contributed by atoms with Crippen molar-refractivity contribution in [3.05, 3.63) is 0 Å². The third kappa shape index (κ3) is 11.9. The molecule has 1 aliphatic rings. The summed E-state index contributed by atoms with van der Waals surface area (Å²) in [6, 6.07) is 0. The van der Waals surface area contributed by atoms with Crippen molar-refractivity contribution in [1.29, 1.82) is 0 Å². The highest BCUT2D eigenvalue weighted by Gasteiger charge is 2.08. The third-order valence-electron chi connectivity index (χ3n) is 1.83. The van der Waals surface area contributed by atoms with E-state index in [0.717, 1.165) is 0 Å². The average Bonchev–Trinajstić information content (AvgIpc) is 2.06. The fourth-order valence-corrected chi connectivity index (χ4v) is 1.31. The van der Waals surface area contributed by atoms with Crippen molar-refractivity contribution < 1.29 is 9.78 Å². The minimum atomic E-state index is -0.172. The van der Waals surface area contributed by atoms with E-state index >= 15 is 0 Å². The molecule has 0 unspecified atom stereocenters. The van der Waals surface area contributed by atoms with Gasteiger partial charge in [0.25, 0.3) is 0 Å². The van der Waals surface area contributed by atoms with Crippen molar-refractivity contribution in [3.8, 4) is 0 Å². The zero-order valence-corrected chi connectivity index (χ0v) is 9.56. The summed E-state index contributed by atoms with van der Waals surface area (Å²) in [6.45, 7) is 5.78. The lowest BCUT2D eigenvalue weighted by Crippen LogP contribution is -2.17. The molecule has 0 bridgehead atoms. The van der Waals surface area contributed by atoms with E-state index in [0.29, 0.717) is 0 Å². The van der Waals surface area contributed by atoms with E-state index in [1.165, 1.54) is 45.6 Å². The molecule has 80 valence electrons. The van der Waals surface area contributed by atoms with Crippen LogP contribution in [0.1, 0.15) is 59.3 Å². The SMILES string of the molecule is C1CCCCC1.COOC(C)(C)C. The van der Waals surface area contributed by atoms with Crippen LogP contribution in [0.3, 0.4) is 0 Å². The summed E-state index contributed by atoms with van der Waals surface area (Å²) in [5.74, 6) is 0. The van der Waals surface area contributed by atoms with Gasteiger partial charge in [-0.15, -0.1) is 0 Å². The summed E-state index contributed by atoms with van der Waals surface area (Å²) in [6.07, 6.45) is 9.00. The first-order valence-corrected chi connectivity index (χ1v) is 5.28. The summed E-state index contributed by atoms with van der Waals surface area (Å²) in [5, 5.41) is 0.